The molecule has 0 amide bonds. The van der Waals surface area contributed by atoms with Gasteiger partial charge in [-0.1, -0.05) is 66.3 Å². The van der Waals surface area contributed by atoms with Crippen LogP contribution in [0.2, 0.25) is 0 Å². The van der Waals surface area contributed by atoms with Crippen LogP contribution in [0.1, 0.15) is 70.3 Å². The predicted molar refractivity (Wildman–Crippen MR) is 145 cm³/mol. The standard InChI is InChI=1S/C24H34O2S5/c1-2-24(25)26-18-11-8-10-17(13-18)9-6-4-3-5-7-12-20-22(29-20)15-23-21-14-19(28-21)16-27-31-30-23/h8,10-11,13,19-23H,2-7,9,12,14-16H2,1H3. The molecule has 0 spiro atoms. The molecule has 0 radical (unpaired) electrons. The number of fused-ring (bicyclic) bond motifs is 4. The second-order valence-corrected chi connectivity index (χ2v) is 16.2. The van der Waals surface area contributed by atoms with Gasteiger partial charge in [-0.25, -0.2) is 0 Å². The maximum atomic E-state index is 11.4. The molecule has 1 aromatic carbocycles. The fraction of sp³-hybridized carbons (Fsp3) is 0.708. The molecule has 4 fully saturated rings. The van der Waals surface area contributed by atoms with E-state index in [1.807, 2.05) is 25.1 Å². The summed E-state index contributed by atoms with van der Waals surface area (Å²) in [4.78, 5) is 11.4. The molecule has 7 heteroatoms. The van der Waals surface area contributed by atoms with Crippen LogP contribution in [0.15, 0.2) is 24.3 Å². The van der Waals surface area contributed by atoms with E-state index >= 15 is 0 Å². The van der Waals surface area contributed by atoms with Crippen molar-refractivity contribution in [2.45, 2.75) is 97.4 Å². The first-order valence-electron chi connectivity index (χ1n) is 11.8. The van der Waals surface area contributed by atoms with Crippen LogP contribution < -0.4 is 4.74 Å². The number of aryl methyl sites for hydroxylation is 1. The number of hydrogen-bond donors (Lipinski definition) is 0. The minimum Gasteiger partial charge on any atom is -0.427 e. The number of ether oxygens (including phenoxy) is 1. The van der Waals surface area contributed by atoms with Crippen LogP contribution >= 0.6 is 54.9 Å². The summed E-state index contributed by atoms with van der Waals surface area (Å²) in [5, 5.41) is 4.71. The molecule has 31 heavy (non-hydrogen) atoms. The molecule has 0 N–H and O–H groups in total. The van der Waals surface area contributed by atoms with Crippen LogP contribution in [0.3, 0.4) is 0 Å². The Labute approximate surface area is 208 Å². The Kier molecular flexibility index (Phi) is 10.1. The zero-order valence-electron chi connectivity index (χ0n) is 18.3. The number of thioether (sulfide) groups is 2. The van der Waals surface area contributed by atoms with E-state index in [-0.39, 0.29) is 5.97 Å². The average Bonchev–Trinajstić information content (AvgIpc) is 3.46. The van der Waals surface area contributed by atoms with Gasteiger partial charge in [-0.3, -0.25) is 4.79 Å². The topological polar surface area (TPSA) is 26.3 Å². The lowest BCUT2D eigenvalue weighted by atomic mass is 10.0. The fourth-order valence-electron chi connectivity index (χ4n) is 4.32. The summed E-state index contributed by atoms with van der Waals surface area (Å²) in [6, 6.07) is 8.02. The van der Waals surface area contributed by atoms with Gasteiger partial charge in [0.2, 0.25) is 0 Å². The second-order valence-electron chi connectivity index (χ2n) is 8.75. The first kappa shape index (κ1) is 24.6. The number of benzene rings is 1. The maximum absolute atomic E-state index is 11.4. The number of rotatable bonds is 12. The third kappa shape index (κ3) is 8.01. The van der Waals surface area contributed by atoms with Gasteiger partial charge in [0.15, 0.2) is 0 Å². The van der Waals surface area contributed by atoms with Crippen molar-refractivity contribution < 1.29 is 9.53 Å². The molecule has 4 saturated heterocycles. The summed E-state index contributed by atoms with van der Waals surface area (Å²) in [7, 11) is 6.32. The van der Waals surface area contributed by atoms with Crippen molar-refractivity contribution in [3.8, 4) is 5.75 Å². The van der Waals surface area contributed by atoms with Gasteiger partial charge in [-0.15, -0.1) is 0 Å². The minimum absolute atomic E-state index is 0.162. The van der Waals surface area contributed by atoms with Crippen LogP contribution in [0.25, 0.3) is 0 Å². The molecule has 0 saturated carbocycles. The smallest absolute Gasteiger partial charge is 0.310 e. The molecule has 4 aliphatic rings. The van der Waals surface area contributed by atoms with E-state index in [2.05, 4.69) is 61.0 Å². The lowest BCUT2D eigenvalue weighted by molar-refractivity contribution is -0.134. The van der Waals surface area contributed by atoms with E-state index in [1.165, 1.54) is 62.7 Å². The Hall–Kier alpha value is 0.440. The summed E-state index contributed by atoms with van der Waals surface area (Å²) in [5.41, 5.74) is 1.28. The summed E-state index contributed by atoms with van der Waals surface area (Å²) < 4.78 is 5.32. The molecule has 4 aliphatic heterocycles. The van der Waals surface area contributed by atoms with Gasteiger partial charge in [0.1, 0.15) is 5.75 Å². The average molecular weight is 515 g/mol. The van der Waals surface area contributed by atoms with E-state index in [4.69, 9.17) is 4.74 Å². The Morgan fingerprint density at radius 1 is 1.06 bits per heavy atom. The van der Waals surface area contributed by atoms with E-state index in [9.17, 15) is 4.79 Å². The molecule has 1 aromatic rings. The number of unbranched alkanes of at least 4 members (excludes halogenated alkanes) is 4. The van der Waals surface area contributed by atoms with E-state index in [0.29, 0.717) is 12.2 Å². The SMILES string of the molecule is CCC(=O)Oc1cccc(CCCCCCCC2SC2CC2SSSCC3CC2S3)c1. The second kappa shape index (κ2) is 12.8. The van der Waals surface area contributed by atoms with Crippen LogP contribution in [0.5, 0.6) is 5.75 Å². The van der Waals surface area contributed by atoms with Gasteiger partial charge in [0.25, 0.3) is 0 Å². The lowest BCUT2D eigenvalue weighted by Crippen LogP contribution is -2.37. The van der Waals surface area contributed by atoms with Gasteiger partial charge in [-0.05, 0) is 59.6 Å². The quantitative estimate of drug-likeness (QED) is 0.0915. The molecule has 4 heterocycles. The minimum atomic E-state index is -0.162. The zero-order valence-corrected chi connectivity index (χ0v) is 22.4. The summed E-state index contributed by atoms with van der Waals surface area (Å²) in [6.07, 6.45) is 12.5. The molecule has 2 bridgehead atoms. The number of carbonyl (C=O) groups excluding carboxylic acids is 1. The number of hydrogen-bond acceptors (Lipinski definition) is 7. The Bertz CT molecular complexity index is 709. The zero-order chi connectivity index (χ0) is 21.5. The number of esters is 1. The Morgan fingerprint density at radius 3 is 2.77 bits per heavy atom. The lowest BCUT2D eigenvalue weighted by Gasteiger charge is -2.41. The van der Waals surface area contributed by atoms with Crippen molar-refractivity contribution in [3.05, 3.63) is 29.8 Å². The molecule has 5 unspecified atom stereocenters. The monoisotopic (exact) mass is 514 g/mol. The molecular formula is C24H34O2S5. The maximum Gasteiger partial charge on any atom is 0.310 e. The highest BCUT2D eigenvalue weighted by molar-refractivity contribution is 9.09. The summed E-state index contributed by atoms with van der Waals surface area (Å²) in [5.74, 6) is 1.88. The van der Waals surface area contributed by atoms with Gasteiger partial charge in [0, 0.05) is 38.4 Å². The third-order valence-electron chi connectivity index (χ3n) is 6.27. The van der Waals surface area contributed by atoms with Gasteiger partial charge >= 0.3 is 5.97 Å². The molecular weight excluding hydrogens is 481 g/mol. The van der Waals surface area contributed by atoms with E-state index in [1.54, 1.807) is 0 Å². The highest BCUT2D eigenvalue weighted by Gasteiger charge is 2.44. The first-order chi connectivity index (χ1) is 15.2. The molecule has 0 aromatic heterocycles. The van der Waals surface area contributed by atoms with Crippen LogP contribution in [-0.4, -0.2) is 38.0 Å². The van der Waals surface area contributed by atoms with Gasteiger partial charge < -0.3 is 4.74 Å². The summed E-state index contributed by atoms with van der Waals surface area (Å²) in [6.45, 7) is 1.83. The third-order valence-corrected chi connectivity index (χ3v) is 14.5. The molecule has 5 atom stereocenters. The van der Waals surface area contributed by atoms with Crippen LogP contribution in [-0.2, 0) is 11.2 Å². The first-order valence-corrected chi connectivity index (χ1v) is 17.4. The summed E-state index contributed by atoms with van der Waals surface area (Å²) >= 11 is 4.53. The van der Waals surface area contributed by atoms with Crippen molar-refractivity contribution >= 4 is 60.9 Å². The largest absolute Gasteiger partial charge is 0.427 e. The number of carbonyl (C=O) groups is 1. The molecule has 5 rings (SSSR count). The van der Waals surface area contributed by atoms with Crippen molar-refractivity contribution in [1.82, 2.24) is 0 Å². The van der Waals surface area contributed by atoms with E-state index < -0.39 is 0 Å². The predicted octanol–water partition coefficient (Wildman–Crippen LogP) is 8.05. The molecule has 0 aliphatic carbocycles. The Balaban J connectivity index is 1.02. The Morgan fingerprint density at radius 2 is 1.90 bits per heavy atom. The highest BCUT2D eigenvalue weighted by atomic mass is 33.5. The van der Waals surface area contributed by atoms with Crippen LogP contribution in [0, 0.1) is 0 Å². The van der Waals surface area contributed by atoms with Crippen molar-refractivity contribution in [1.29, 1.82) is 0 Å². The van der Waals surface area contributed by atoms with Crippen molar-refractivity contribution in [2.75, 3.05) is 5.75 Å². The van der Waals surface area contributed by atoms with Crippen molar-refractivity contribution in [3.63, 3.8) is 0 Å². The van der Waals surface area contributed by atoms with Crippen molar-refractivity contribution in [2.24, 2.45) is 0 Å². The fourth-order valence-corrected chi connectivity index (χ4v) is 12.8. The normalized spacial score (nSPS) is 29.5. The van der Waals surface area contributed by atoms with E-state index in [0.717, 1.165) is 32.7 Å². The molecule has 172 valence electrons. The van der Waals surface area contributed by atoms with Gasteiger partial charge in [-0.2, -0.15) is 23.5 Å². The van der Waals surface area contributed by atoms with Gasteiger partial charge in [0.05, 0.1) is 0 Å². The molecule has 2 nitrogen and oxygen atoms in total. The van der Waals surface area contributed by atoms with Crippen LogP contribution in [0.4, 0.5) is 0 Å². The highest BCUT2D eigenvalue weighted by Crippen LogP contribution is 2.57.